The van der Waals surface area contributed by atoms with Crippen LogP contribution in [0, 0.1) is 0 Å². The van der Waals surface area contributed by atoms with Crippen molar-refractivity contribution in [3.05, 3.63) is 70.3 Å². The number of amides is 3. The van der Waals surface area contributed by atoms with Crippen molar-refractivity contribution in [2.45, 2.75) is 0 Å². The number of carbonyl (C=O) groups is 3. The fourth-order valence-electron chi connectivity index (χ4n) is 2.77. The van der Waals surface area contributed by atoms with Gasteiger partial charge in [-0.3, -0.25) is 29.3 Å². The van der Waals surface area contributed by atoms with Gasteiger partial charge < -0.3 is 5.32 Å². The lowest BCUT2D eigenvalue weighted by atomic mass is 10.2. The van der Waals surface area contributed by atoms with Crippen molar-refractivity contribution in [3.8, 4) is 0 Å². The fourth-order valence-corrected chi connectivity index (χ4v) is 3.81. The van der Waals surface area contributed by atoms with Gasteiger partial charge in [-0.1, -0.05) is 23.7 Å². The molecule has 29 heavy (non-hydrogen) atoms. The van der Waals surface area contributed by atoms with Crippen LogP contribution < -0.4 is 5.32 Å². The Morgan fingerprint density at radius 2 is 1.90 bits per heavy atom. The van der Waals surface area contributed by atoms with Gasteiger partial charge in [-0.2, -0.15) is 0 Å². The standard InChI is InChI=1S/C20H13ClN4O3S/c21-13-3-1-2-12(8-13)9-17-19(27)25(20(28)29-17)11-18(26)24-14-4-5-15-16(10-14)23-7-6-22-15/h1-10H,11H2,(H,24,26). The highest BCUT2D eigenvalue weighted by Gasteiger charge is 2.36. The zero-order valence-electron chi connectivity index (χ0n) is 14.8. The van der Waals surface area contributed by atoms with Crippen molar-refractivity contribution >= 4 is 63.2 Å². The van der Waals surface area contributed by atoms with Crippen molar-refractivity contribution < 1.29 is 14.4 Å². The second kappa shape index (κ2) is 8.02. The van der Waals surface area contributed by atoms with Gasteiger partial charge >= 0.3 is 0 Å². The van der Waals surface area contributed by atoms with Crippen LogP contribution in [0.25, 0.3) is 17.1 Å². The quantitative estimate of drug-likeness (QED) is 0.637. The first kappa shape index (κ1) is 19.1. The predicted octanol–water partition coefficient (Wildman–Crippen LogP) is 3.96. The van der Waals surface area contributed by atoms with E-state index in [1.165, 1.54) is 0 Å². The Labute approximate surface area is 174 Å². The van der Waals surface area contributed by atoms with E-state index < -0.39 is 17.1 Å². The molecule has 1 aliphatic rings. The van der Waals surface area contributed by atoms with Gasteiger partial charge in [0.1, 0.15) is 6.54 Å². The SMILES string of the molecule is O=C(CN1C(=O)SC(=Cc2cccc(Cl)c2)C1=O)Nc1ccc2nccnc2c1. The maximum Gasteiger partial charge on any atom is 0.294 e. The number of carbonyl (C=O) groups excluding carboxylic acids is 3. The van der Waals surface area contributed by atoms with Gasteiger partial charge in [0, 0.05) is 23.1 Å². The summed E-state index contributed by atoms with van der Waals surface area (Å²) in [5.41, 5.74) is 2.53. The van der Waals surface area contributed by atoms with Crippen LogP contribution in [0.2, 0.25) is 5.02 Å². The molecule has 0 saturated carbocycles. The van der Waals surface area contributed by atoms with Gasteiger partial charge in [-0.05, 0) is 53.7 Å². The van der Waals surface area contributed by atoms with E-state index in [0.29, 0.717) is 27.3 Å². The lowest BCUT2D eigenvalue weighted by Crippen LogP contribution is -2.36. The predicted molar refractivity (Wildman–Crippen MR) is 112 cm³/mol. The molecule has 144 valence electrons. The van der Waals surface area contributed by atoms with Crippen molar-refractivity contribution in [2.24, 2.45) is 0 Å². The number of imide groups is 1. The topological polar surface area (TPSA) is 92.3 Å². The number of aromatic nitrogens is 2. The van der Waals surface area contributed by atoms with Crippen LogP contribution in [-0.2, 0) is 9.59 Å². The Hall–Kier alpha value is -3.23. The number of nitrogens with one attached hydrogen (secondary N) is 1. The molecular formula is C20H13ClN4O3S. The van der Waals surface area contributed by atoms with Gasteiger partial charge in [0.25, 0.3) is 11.1 Å². The van der Waals surface area contributed by atoms with E-state index >= 15 is 0 Å². The minimum Gasteiger partial charge on any atom is -0.324 e. The molecule has 3 amide bonds. The number of thioether (sulfide) groups is 1. The molecule has 9 heteroatoms. The van der Waals surface area contributed by atoms with Gasteiger partial charge in [0.15, 0.2) is 0 Å². The van der Waals surface area contributed by atoms with Gasteiger partial charge in [-0.25, -0.2) is 0 Å². The Bertz CT molecular complexity index is 1180. The first-order valence-corrected chi connectivity index (χ1v) is 9.70. The second-order valence-electron chi connectivity index (χ2n) is 6.13. The van der Waals surface area contributed by atoms with E-state index in [2.05, 4.69) is 15.3 Å². The third-order valence-electron chi connectivity index (χ3n) is 4.07. The van der Waals surface area contributed by atoms with Crippen LogP contribution >= 0.6 is 23.4 Å². The summed E-state index contributed by atoms with van der Waals surface area (Å²) in [6.45, 7) is -0.379. The van der Waals surface area contributed by atoms with E-state index in [0.717, 1.165) is 16.7 Å². The first-order chi connectivity index (χ1) is 14.0. The number of anilines is 1. The van der Waals surface area contributed by atoms with E-state index in [1.807, 2.05) is 0 Å². The minimum atomic E-state index is -0.514. The van der Waals surface area contributed by atoms with E-state index in [1.54, 1.807) is 60.9 Å². The van der Waals surface area contributed by atoms with Crippen molar-refractivity contribution in [1.29, 1.82) is 0 Å². The van der Waals surface area contributed by atoms with Gasteiger partial charge in [0.05, 0.1) is 15.9 Å². The van der Waals surface area contributed by atoms with Crippen LogP contribution in [0.5, 0.6) is 0 Å². The van der Waals surface area contributed by atoms with Crippen LogP contribution in [0.1, 0.15) is 5.56 Å². The molecule has 1 aliphatic heterocycles. The van der Waals surface area contributed by atoms with Crippen LogP contribution in [0.15, 0.2) is 59.8 Å². The number of rotatable bonds is 4. The number of halogens is 1. The monoisotopic (exact) mass is 424 g/mol. The summed E-state index contributed by atoms with van der Waals surface area (Å²) >= 11 is 6.74. The van der Waals surface area contributed by atoms with Crippen molar-refractivity contribution in [1.82, 2.24) is 14.9 Å². The summed E-state index contributed by atoms with van der Waals surface area (Å²) in [6.07, 6.45) is 4.72. The molecule has 1 aromatic heterocycles. The maximum absolute atomic E-state index is 12.6. The smallest absolute Gasteiger partial charge is 0.294 e. The maximum atomic E-state index is 12.6. The largest absolute Gasteiger partial charge is 0.324 e. The fraction of sp³-hybridized carbons (Fsp3) is 0.0500. The number of hydrogen-bond donors (Lipinski definition) is 1. The van der Waals surface area contributed by atoms with E-state index in [4.69, 9.17) is 11.6 Å². The van der Waals surface area contributed by atoms with Gasteiger partial charge in [-0.15, -0.1) is 0 Å². The third-order valence-corrected chi connectivity index (χ3v) is 5.22. The molecule has 0 aliphatic carbocycles. The molecule has 0 bridgehead atoms. The molecule has 3 aromatic rings. The highest BCUT2D eigenvalue weighted by atomic mass is 35.5. The molecule has 1 saturated heterocycles. The Morgan fingerprint density at radius 1 is 1.10 bits per heavy atom. The molecule has 0 atom stereocenters. The van der Waals surface area contributed by atoms with Crippen LogP contribution in [-0.4, -0.2) is 38.5 Å². The van der Waals surface area contributed by atoms with Gasteiger partial charge in [0.2, 0.25) is 5.91 Å². The average molecular weight is 425 g/mol. The zero-order chi connectivity index (χ0) is 20.4. The molecule has 1 N–H and O–H groups in total. The summed E-state index contributed by atoms with van der Waals surface area (Å²) in [7, 11) is 0. The Balaban J connectivity index is 1.46. The number of hydrogen-bond acceptors (Lipinski definition) is 6. The first-order valence-electron chi connectivity index (χ1n) is 8.51. The highest BCUT2D eigenvalue weighted by Crippen LogP contribution is 2.32. The molecule has 4 rings (SSSR count). The summed E-state index contributed by atoms with van der Waals surface area (Å²) in [6, 6.07) is 12.0. The molecule has 0 unspecified atom stereocenters. The lowest BCUT2D eigenvalue weighted by Gasteiger charge is -2.12. The minimum absolute atomic E-state index is 0.242. The summed E-state index contributed by atoms with van der Waals surface area (Å²) in [4.78, 5) is 46.6. The normalized spacial score (nSPS) is 15.3. The summed E-state index contributed by atoms with van der Waals surface area (Å²) in [5, 5.41) is 2.70. The third kappa shape index (κ3) is 4.28. The molecule has 2 heterocycles. The van der Waals surface area contributed by atoms with Crippen molar-refractivity contribution in [2.75, 3.05) is 11.9 Å². The molecule has 1 fully saturated rings. The van der Waals surface area contributed by atoms with Crippen molar-refractivity contribution in [3.63, 3.8) is 0 Å². The van der Waals surface area contributed by atoms with E-state index in [-0.39, 0.29) is 11.4 Å². The molecule has 0 radical (unpaired) electrons. The number of benzene rings is 2. The zero-order valence-corrected chi connectivity index (χ0v) is 16.4. The molecule has 0 spiro atoms. The van der Waals surface area contributed by atoms with Crippen LogP contribution in [0.4, 0.5) is 10.5 Å². The molecule has 7 nitrogen and oxygen atoms in total. The summed E-state index contributed by atoms with van der Waals surface area (Å²) < 4.78 is 0. The Morgan fingerprint density at radius 3 is 2.69 bits per heavy atom. The highest BCUT2D eigenvalue weighted by molar-refractivity contribution is 8.18. The number of fused-ring (bicyclic) bond motifs is 1. The molecule has 2 aromatic carbocycles. The number of nitrogens with zero attached hydrogens (tertiary/aromatic N) is 3. The Kier molecular flexibility index (Phi) is 5.28. The second-order valence-corrected chi connectivity index (χ2v) is 7.56. The summed E-state index contributed by atoms with van der Waals surface area (Å²) in [5.74, 6) is -1.00. The van der Waals surface area contributed by atoms with Crippen LogP contribution in [0.3, 0.4) is 0 Å². The van der Waals surface area contributed by atoms with E-state index in [9.17, 15) is 14.4 Å². The lowest BCUT2D eigenvalue weighted by molar-refractivity contribution is -0.127. The molecular weight excluding hydrogens is 412 g/mol. The average Bonchev–Trinajstić information content (AvgIpc) is 2.95.